The molecule has 4 aliphatic rings. The van der Waals surface area contributed by atoms with E-state index < -0.39 is 0 Å². The Morgan fingerprint density at radius 3 is 2.69 bits per heavy atom. The molecule has 6 nitrogen and oxygen atoms in total. The third-order valence-corrected chi connectivity index (χ3v) is 11.6. The van der Waals surface area contributed by atoms with Gasteiger partial charge in [0.05, 0.1) is 18.3 Å². The Morgan fingerprint density at radius 1 is 1.14 bits per heavy atom. The molecular weight excluding hydrogens is 452 g/mol. The average molecular weight is 499 g/mol. The highest BCUT2D eigenvalue weighted by atomic mass is 16.3. The molecule has 1 amide bonds. The molecule has 6 heteroatoms. The van der Waals surface area contributed by atoms with E-state index in [1.807, 2.05) is 12.1 Å². The van der Waals surface area contributed by atoms with Gasteiger partial charge in [-0.15, -0.1) is 0 Å². The second-order valence-corrected chi connectivity index (χ2v) is 13.2. The fraction of sp³-hybridized carbons (Fsp3) is 0.800. The van der Waals surface area contributed by atoms with Gasteiger partial charge in [-0.2, -0.15) is 0 Å². The largest absolute Gasteiger partial charge is 0.393 e. The molecule has 0 bridgehead atoms. The summed E-state index contributed by atoms with van der Waals surface area (Å²) in [6.07, 6.45) is 10.1. The zero-order valence-corrected chi connectivity index (χ0v) is 22.3. The van der Waals surface area contributed by atoms with Crippen molar-refractivity contribution in [1.29, 1.82) is 0 Å². The monoisotopic (exact) mass is 498 g/mol. The number of aliphatic hydroxyl groups is 3. The van der Waals surface area contributed by atoms with Crippen LogP contribution in [0.15, 0.2) is 24.5 Å². The maximum Gasteiger partial charge on any atom is 0.220 e. The van der Waals surface area contributed by atoms with Gasteiger partial charge < -0.3 is 20.6 Å². The molecule has 0 aliphatic heterocycles. The molecular formula is C30H46N2O4. The van der Waals surface area contributed by atoms with E-state index in [0.29, 0.717) is 42.6 Å². The van der Waals surface area contributed by atoms with E-state index in [4.69, 9.17) is 0 Å². The molecule has 1 aromatic rings. The number of carbonyl (C=O) groups excluding carboxylic acids is 1. The molecule has 0 spiro atoms. The second-order valence-electron chi connectivity index (χ2n) is 13.2. The maximum absolute atomic E-state index is 12.6. The lowest BCUT2D eigenvalue weighted by Gasteiger charge is -2.63. The van der Waals surface area contributed by atoms with Gasteiger partial charge >= 0.3 is 0 Å². The molecule has 1 aromatic heterocycles. The Kier molecular flexibility index (Phi) is 7.25. The second kappa shape index (κ2) is 9.99. The molecule has 4 N–H and O–H groups in total. The maximum atomic E-state index is 12.6. The van der Waals surface area contributed by atoms with E-state index >= 15 is 0 Å². The topological polar surface area (TPSA) is 103 Å². The van der Waals surface area contributed by atoms with Gasteiger partial charge in [-0.1, -0.05) is 26.8 Å². The summed E-state index contributed by atoms with van der Waals surface area (Å²) >= 11 is 0. The van der Waals surface area contributed by atoms with Crippen LogP contribution in [-0.2, 0) is 11.3 Å². The highest BCUT2D eigenvalue weighted by molar-refractivity contribution is 5.75. The van der Waals surface area contributed by atoms with Gasteiger partial charge in [0, 0.05) is 25.4 Å². The van der Waals surface area contributed by atoms with E-state index in [2.05, 4.69) is 31.1 Å². The number of nitrogens with zero attached hydrogens (tertiary/aromatic N) is 1. The molecule has 5 rings (SSSR count). The average Bonchev–Trinajstić information content (AvgIpc) is 3.22. The van der Waals surface area contributed by atoms with Gasteiger partial charge in [-0.05, 0) is 109 Å². The lowest BCUT2D eigenvalue weighted by atomic mass is 9.43. The van der Waals surface area contributed by atoms with Gasteiger partial charge in [0.1, 0.15) is 0 Å². The highest BCUT2D eigenvalue weighted by Crippen LogP contribution is 2.68. The fourth-order valence-corrected chi connectivity index (χ4v) is 9.48. The first-order valence-electron chi connectivity index (χ1n) is 14.3. The van der Waals surface area contributed by atoms with E-state index in [0.717, 1.165) is 56.9 Å². The Bertz CT molecular complexity index is 927. The molecule has 36 heavy (non-hydrogen) atoms. The van der Waals surface area contributed by atoms with Crippen LogP contribution in [0.2, 0.25) is 0 Å². The fourth-order valence-electron chi connectivity index (χ4n) is 9.48. The Hall–Kier alpha value is -1.50. The Labute approximate surface area is 216 Å². The summed E-state index contributed by atoms with van der Waals surface area (Å²) in [5, 5.41) is 36.5. The van der Waals surface area contributed by atoms with Crippen molar-refractivity contribution < 1.29 is 20.1 Å². The molecule has 200 valence electrons. The minimum Gasteiger partial charge on any atom is -0.393 e. The first kappa shape index (κ1) is 26.1. The minimum absolute atomic E-state index is 0.0656. The van der Waals surface area contributed by atoms with Crippen molar-refractivity contribution in [2.75, 3.05) is 0 Å². The van der Waals surface area contributed by atoms with Crippen molar-refractivity contribution in [2.24, 2.45) is 46.3 Å². The summed E-state index contributed by atoms with van der Waals surface area (Å²) in [5.41, 5.74) is 0.881. The summed E-state index contributed by atoms with van der Waals surface area (Å²) in [7, 11) is 0. The normalized spacial score (nSPS) is 44.7. The van der Waals surface area contributed by atoms with Crippen LogP contribution in [0, 0.1) is 46.3 Å². The predicted molar refractivity (Wildman–Crippen MR) is 138 cm³/mol. The van der Waals surface area contributed by atoms with Crippen LogP contribution in [0.4, 0.5) is 0 Å². The molecule has 4 fully saturated rings. The Balaban J connectivity index is 1.25. The van der Waals surface area contributed by atoms with Crippen LogP contribution in [0.1, 0.15) is 84.1 Å². The zero-order valence-electron chi connectivity index (χ0n) is 22.3. The van der Waals surface area contributed by atoms with E-state index in [1.165, 1.54) is 0 Å². The van der Waals surface area contributed by atoms with E-state index in [-0.39, 0.29) is 41.0 Å². The lowest BCUT2D eigenvalue weighted by Crippen LogP contribution is -2.62. The molecule has 4 saturated carbocycles. The molecule has 0 aromatic carbocycles. The van der Waals surface area contributed by atoms with Crippen LogP contribution in [0.25, 0.3) is 0 Å². The minimum atomic E-state index is -0.382. The molecule has 1 heterocycles. The summed E-state index contributed by atoms with van der Waals surface area (Å²) in [4.78, 5) is 16.7. The molecule has 0 radical (unpaired) electrons. The van der Waals surface area contributed by atoms with Gasteiger partial charge in [0.15, 0.2) is 0 Å². The summed E-state index contributed by atoms with van der Waals surface area (Å²) < 4.78 is 0. The number of aromatic nitrogens is 1. The molecule has 11 unspecified atom stereocenters. The highest BCUT2D eigenvalue weighted by Gasteiger charge is 2.65. The number of aliphatic hydroxyl groups excluding tert-OH is 3. The first-order valence-corrected chi connectivity index (χ1v) is 14.3. The van der Waals surface area contributed by atoms with Gasteiger partial charge in [0.25, 0.3) is 0 Å². The van der Waals surface area contributed by atoms with Crippen LogP contribution in [0.3, 0.4) is 0 Å². The van der Waals surface area contributed by atoms with Crippen molar-refractivity contribution in [3.63, 3.8) is 0 Å². The van der Waals surface area contributed by atoms with Crippen LogP contribution in [-0.4, -0.2) is 44.5 Å². The summed E-state index contributed by atoms with van der Waals surface area (Å²) in [6, 6.07) is 3.84. The summed E-state index contributed by atoms with van der Waals surface area (Å²) in [5.74, 6) is 1.97. The number of carbonyl (C=O) groups is 1. The van der Waals surface area contributed by atoms with Crippen molar-refractivity contribution >= 4 is 5.91 Å². The van der Waals surface area contributed by atoms with Crippen molar-refractivity contribution in [1.82, 2.24) is 10.3 Å². The van der Waals surface area contributed by atoms with Crippen molar-refractivity contribution in [3.8, 4) is 0 Å². The van der Waals surface area contributed by atoms with Gasteiger partial charge in [-0.3, -0.25) is 9.78 Å². The predicted octanol–water partition coefficient (Wildman–Crippen LogP) is 4.08. The van der Waals surface area contributed by atoms with Crippen LogP contribution in [0.5, 0.6) is 0 Å². The summed E-state index contributed by atoms with van der Waals surface area (Å²) in [6.45, 7) is 7.41. The first-order chi connectivity index (χ1) is 17.1. The SMILES string of the molecule is CC(CCC(=O)NCc1cccnc1)C1CCC2C3C(O)CC4CC(O)CCC4(C)C3CC(O)C12C. The van der Waals surface area contributed by atoms with E-state index in [9.17, 15) is 20.1 Å². The zero-order chi connectivity index (χ0) is 25.7. The number of hydrogen-bond donors (Lipinski definition) is 4. The standard InChI is InChI=1S/C30H46N2O4/c1-18(6-9-27(36)32-17-19-5-4-12-31-16-19)22-7-8-23-28-24(15-26(35)30(22,23)3)29(2)11-10-21(33)13-20(29)14-25(28)34/h4-5,12,16,18,20-26,28,33-35H,6-11,13-15,17H2,1-3H3,(H,32,36). The lowest BCUT2D eigenvalue weighted by molar-refractivity contribution is -0.207. The van der Waals surface area contributed by atoms with Crippen LogP contribution < -0.4 is 5.32 Å². The third kappa shape index (κ3) is 4.41. The van der Waals surface area contributed by atoms with Gasteiger partial charge in [0.2, 0.25) is 5.91 Å². The molecule has 4 aliphatic carbocycles. The molecule has 0 saturated heterocycles. The number of nitrogens with one attached hydrogen (secondary N) is 1. The number of rotatable bonds is 6. The van der Waals surface area contributed by atoms with E-state index in [1.54, 1.807) is 12.4 Å². The third-order valence-electron chi connectivity index (χ3n) is 11.6. The van der Waals surface area contributed by atoms with Gasteiger partial charge in [-0.25, -0.2) is 0 Å². The molecule has 11 atom stereocenters. The van der Waals surface area contributed by atoms with Crippen molar-refractivity contribution in [3.05, 3.63) is 30.1 Å². The number of pyridine rings is 1. The number of amides is 1. The quantitative estimate of drug-likeness (QED) is 0.473. The number of hydrogen-bond acceptors (Lipinski definition) is 5. The smallest absolute Gasteiger partial charge is 0.220 e. The number of fused-ring (bicyclic) bond motifs is 5. The van der Waals surface area contributed by atoms with Crippen molar-refractivity contribution in [2.45, 2.75) is 103 Å². The Morgan fingerprint density at radius 2 is 1.94 bits per heavy atom. The van der Waals surface area contributed by atoms with Crippen LogP contribution >= 0.6 is 0 Å².